The molecule has 0 spiro atoms. The molecule has 27 heavy (non-hydrogen) atoms. The highest BCUT2D eigenvalue weighted by molar-refractivity contribution is 7.80. The van der Waals surface area contributed by atoms with Crippen molar-refractivity contribution >= 4 is 40.8 Å². The van der Waals surface area contributed by atoms with Crippen LogP contribution in [0.3, 0.4) is 0 Å². The molecule has 0 heterocycles. The quantitative estimate of drug-likeness (QED) is 0.340. The van der Waals surface area contributed by atoms with E-state index in [1.54, 1.807) is 6.21 Å². The first-order valence-electron chi connectivity index (χ1n) is 8.31. The summed E-state index contributed by atoms with van der Waals surface area (Å²) in [6.45, 7) is 0.467. The van der Waals surface area contributed by atoms with Crippen LogP contribution >= 0.6 is 23.8 Å². The molecule has 136 valence electrons. The maximum Gasteiger partial charge on any atom is 0.191 e. The van der Waals surface area contributed by atoms with Gasteiger partial charge in [0.1, 0.15) is 12.4 Å². The molecule has 0 aromatic heterocycles. The maximum atomic E-state index is 5.97. The van der Waals surface area contributed by atoms with Crippen LogP contribution in [0.1, 0.15) is 11.1 Å². The Labute approximate surface area is 168 Å². The third-order valence-electron chi connectivity index (χ3n) is 3.59. The van der Waals surface area contributed by atoms with Gasteiger partial charge in [0, 0.05) is 10.7 Å². The van der Waals surface area contributed by atoms with Gasteiger partial charge in [-0.2, -0.15) is 5.10 Å². The van der Waals surface area contributed by atoms with Crippen LogP contribution in [0.2, 0.25) is 5.02 Å². The zero-order valence-electron chi connectivity index (χ0n) is 14.4. The number of nitrogens with one attached hydrogen (secondary N) is 2. The summed E-state index contributed by atoms with van der Waals surface area (Å²) in [7, 11) is 0. The first-order chi connectivity index (χ1) is 13.2. The molecular weight excluding hydrogens is 378 g/mol. The average Bonchev–Trinajstić information content (AvgIpc) is 2.68. The molecule has 3 aromatic rings. The number of anilines is 1. The second kappa shape index (κ2) is 9.71. The molecule has 3 rings (SSSR count). The number of hydrogen-bond acceptors (Lipinski definition) is 3. The predicted molar refractivity (Wildman–Crippen MR) is 116 cm³/mol. The Balaban J connectivity index is 1.47. The van der Waals surface area contributed by atoms with Crippen molar-refractivity contribution in [3.8, 4) is 5.75 Å². The van der Waals surface area contributed by atoms with Crippen molar-refractivity contribution in [1.82, 2.24) is 5.43 Å². The third-order valence-corrected chi connectivity index (χ3v) is 4.01. The number of halogens is 1. The summed E-state index contributed by atoms with van der Waals surface area (Å²) in [5.41, 5.74) is 5.66. The van der Waals surface area contributed by atoms with E-state index >= 15 is 0 Å². The molecule has 0 aliphatic carbocycles. The van der Waals surface area contributed by atoms with Crippen molar-refractivity contribution in [3.63, 3.8) is 0 Å². The molecular formula is C21H18ClN3OS. The number of hydrazone groups is 1. The predicted octanol–water partition coefficient (Wildman–Crippen LogP) is 5.24. The van der Waals surface area contributed by atoms with Crippen molar-refractivity contribution < 1.29 is 4.74 Å². The van der Waals surface area contributed by atoms with Crippen LogP contribution in [0.15, 0.2) is 84.0 Å². The summed E-state index contributed by atoms with van der Waals surface area (Å²) in [5.74, 6) is 0.779. The van der Waals surface area contributed by atoms with Crippen LogP contribution in [-0.2, 0) is 6.61 Å². The molecule has 2 N–H and O–H groups in total. The van der Waals surface area contributed by atoms with Gasteiger partial charge < -0.3 is 10.1 Å². The Morgan fingerprint density at radius 3 is 2.52 bits per heavy atom. The number of thiocarbonyl (C=S) groups is 1. The molecule has 0 bridgehead atoms. The van der Waals surface area contributed by atoms with E-state index in [1.807, 2.05) is 78.9 Å². The van der Waals surface area contributed by atoms with Gasteiger partial charge in [-0.15, -0.1) is 0 Å². The molecule has 0 aliphatic heterocycles. The highest BCUT2D eigenvalue weighted by Gasteiger charge is 1.98. The topological polar surface area (TPSA) is 45.7 Å². The van der Waals surface area contributed by atoms with Gasteiger partial charge in [-0.1, -0.05) is 41.9 Å². The zero-order chi connectivity index (χ0) is 18.9. The lowest BCUT2D eigenvalue weighted by molar-refractivity contribution is 0.306. The van der Waals surface area contributed by atoms with Gasteiger partial charge in [0.2, 0.25) is 0 Å². The van der Waals surface area contributed by atoms with Crippen LogP contribution in [0.25, 0.3) is 0 Å². The molecule has 3 aromatic carbocycles. The Morgan fingerprint density at radius 1 is 1.00 bits per heavy atom. The van der Waals surface area contributed by atoms with Crippen molar-refractivity contribution in [2.24, 2.45) is 5.10 Å². The van der Waals surface area contributed by atoms with Gasteiger partial charge in [0.05, 0.1) is 6.21 Å². The summed E-state index contributed by atoms with van der Waals surface area (Å²) in [6, 6.07) is 24.9. The summed E-state index contributed by atoms with van der Waals surface area (Å²) in [6.07, 6.45) is 1.69. The van der Waals surface area contributed by atoms with Gasteiger partial charge in [0.15, 0.2) is 5.11 Å². The van der Waals surface area contributed by atoms with E-state index in [9.17, 15) is 0 Å². The highest BCUT2D eigenvalue weighted by atomic mass is 35.5. The lowest BCUT2D eigenvalue weighted by Crippen LogP contribution is -2.23. The zero-order valence-corrected chi connectivity index (χ0v) is 16.0. The number of rotatable bonds is 6. The largest absolute Gasteiger partial charge is 0.489 e. The number of benzene rings is 3. The SMILES string of the molecule is S=C(N/N=C/c1ccc(OCc2cccc(Cl)c2)cc1)Nc1ccccc1. The van der Waals surface area contributed by atoms with Crippen LogP contribution in [0, 0.1) is 0 Å². The second-order valence-electron chi connectivity index (χ2n) is 5.68. The molecule has 0 atom stereocenters. The van der Waals surface area contributed by atoms with Crippen LogP contribution in [-0.4, -0.2) is 11.3 Å². The van der Waals surface area contributed by atoms with E-state index in [2.05, 4.69) is 15.8 Å². The van der Waals surface area contributed by atoms with Crippen molar-refractivity contribution in [1.29, 1.82) is 0 Å². The molecule has 0 saturated carbocycles. The summed E-state index contributed by atoms with van der Waals surface area (Å²) in [5, 5.41) is 8.32. The first kappa shape index (κ1) is 18.9. The fraction of sp³-hybridized carbons (Fsp3) is 0.0476. The minimum Gasteiger partial charge on any atom is -0.489 e. The van der Waals surface area contributed by atoms with Crippen molar-refractivity contribution in [3.05, 3.63) is 95.0 Å². The Kier molecular flexibility index (Phi) is 6.79. The molecule has 0 amide bonds. The number of nitrogens with zero attached hydrogens (tertiary/aromatic N) is 1. The van der Waals surface area contributed by atoms with E-state index in [-0.39, 0.29) is 0 Å². The fourth-order valence-electron chi connectivity index (χ4n) is 2.29. The lowest BCUT2D eigenvalue weighted by atomic mass is 10.2. The molecule has 0 radical (unpaired) electrons. The van der Waals surface area contributed by atoms with Gasteiger partial charge in [-0.3, -0.25) is 5.43 Å². The number of hydrogen-bond donors (Lipinski definition) is 2. The third kappa shape index (κ3) is 6.40. The molecule has 6 heteroatoms. The van der Waals surface area contributed by atoms with E-state index < -0.39 is 0 Å². The average molecular weight is 396 g/mol. The Bertz CT molecular complexity index is 914. The fourth-order valence-corrected chi connectivity index (χ4v) is 2.67. The van der Waals surface area contributed by atoms with Crippen molar-refractivity contribution in [2.75, 3.05) is 5.32 Å². The summed E-state index contributed by atoms with van der Waals surface area (Å²) in [4.78, 5) is 0. The molecule has 0 saturated heterocycles. The molecule has 0 fully saturated rings. The van der Waals surface area contributed by atoms with Gasteiger partial charge in [-0.05, 0) is 71.9 Å². The molecule has 4 nitrogen and oxygen atoms in total. The number of ether oxygens (including phenoxy) is 1. The standard InChI is InChI=1S/C21H18ClN3OS/c22-18-6-4-5-17(13-18)15-26-20-11-9-16(10-12-20)14-23-25-21(27)24-19-7-2-1-3-8-19/h1-14H,15H2,(H2,24,25,27)/b23-14+. The summed E-state index contributed by atoms with van der Waals surface area (Å²) < 4.78 is 5.76. The molecule has 0 aliphatic rings. The van der Waals surface area contributed by atoms with Crippen LogP contribution < -0.4 is 15.5 Å². The van der Waals surface area contributed by atoms with E-state index in [0.29, 0.717) is 16.7 Å². The summed E-state index contributed by atoms with van der Waals surface area (Å²) >= 11 is 11.2. The monoisotopic (exact) mass is 395 g/mol. The van der Waals surface area contributed by atoms with E-state index in [1.165, 1.54) is 0 Å². The minimum atomic E-state index is 0.430. The van der Waals surface area contributed by atoms with E-state index in [4.69, 9.17) is 28.6 Å². The minimum absolute atomic E-state index is 0.430. The lowest BCUT2D eigenvalue weighted by Gasteiger charge is -2.07. The van der Waals surface area contributed by atoms with Crippen LogP contribution in [0.4, 0.5) is 5.69 Å². The Hall–Kier alpha value is -2.89. The highest BCUT2D eigenvalue weighted by Crippen LogP contribution is 2.16. The van der Waals surface area contributed by atoms with Gasteiger partial charge in [0.25, 0.3) is 0 Å². The van der Waals surface area contributed by atoms with Crippen LogP contribution in [0.5, 0.6) is 5.75 Å². The smallest absolute Gasteiger partial charge is 0.191 e. The van der Waals surface area contributed by atoms with Crippen molar-refractivity contribution in [2.45, 2.75) is 6.61 Å². The normalized spacial score (nSPS) is 10.6. The second-order valence-corrected chi connectivity index (χ2v) is 6.52. The van der Waals surface area contributed by atoms with Gasteiger partial charge in [-0.25, -0.2) is 0 Å². The molecule has 0 unspecified atom stereocenters. The first-order valence-corrected chi connectivity index (χ1v) is 9.10. The maximum absolute atomic E-state index is 5.97. The number of para-hydroxylation sites is 1. The van der Waals surface area contributed by atoms with Gasteiger partial charge >= 0.3 is 0 Å². The Morgan fingerprint density at radius 2 is 1.78 bits per heavy atom. The van der Waals surface area contributed by atoms with E-state index in [0.717, 1.165) is 22.6 Å².